The molecule has 4 heterocycles. The van der Waals surface area contributed by atoms with Crippen LogP contribution >= 0.6 is 0 Å². The Kier molecular flexibility index (Phi) is 3.68. The third-order valence-electron chi connectivity index (χ3n) is 3.81. The number of aromatic amines is 1. The van der Waals surface area contributed by atoms with Crippen LogP contribution in [-0.2, 0) is 0 Å². The monoisotopic (exact) mass is 343 g/mol. The van der Waals surface area contributed by atoms with Gasteiger partial charge in [0.1, 0.15) is 24.0 Å². The fourth-order valence-corrected chi connectivity index (χ4v) is 2.61. The Morgan fingerprint density at radius 1 is 1.32 bits per heavy atom. The van der Waals surface area contributed by atoms with Crippen LogP contribution in [0.1, 0.15) is 28.9 Å². The van der Waals surface area contributed by atoms with Crippen LogP contribution in [0.15, 0.2) is 24.7 Å². The smallest absolute Gasteiger partial charge is 0.255 e. The molecule has 0 aromatic carbocycles. The quantitative estimate of drug-likeness (QED) is 0.645. The third-order valence-corrected chi connectivity index (χ3v) is 3.81. The van der Waals surface area contributed by atoms with Gasteiger partial charge in [0.2, 0.25) is 11.8 Å². The van der Waals surface area contributed by atoms with Crippen molar-refractivity contribution >= 4 is 17.1 Å². The zero-order valence-corrected chi connectivity index (χ0v) is 13.2. The Hall–Kier alpha value is -3.23. The molecule has 1 amide bonds. The van der Waals surface area contributed by atoms with Gasteiger partial charge in [-0.2, -0.15) is 0 Å². The SMILES string of the molecule is C[C@H]1Oc2cnc3[nH]cc(c3n2)C(=O)NCCOc2ncc(F)cc21. The minimum atomic E-state index is -0.572. The number of nitrogens with zero attached hydrogens (tertiary/aromatic N) is 3. The summed E-state index contributed by atoms with van der Waals surface area (Å²) in [6, 6.07) is 1.30. The van der Waals surface area contributed by atoms with Crippen molar-refractivity contribution in [3.05, 3.63) is 41.6 Å². The van der Waals surface area contributed by atoms with Crippen molar-refractivity contribution in [3.63, 3.8) is 0 Å². The van der Waals surface area contributed by atoms with E-state index in [0.29, 0.717) is 22.3 Å². The molecule has 0 saturated carbocycles. The summed E-state index contributed by atoms with van der Waals surface area (Å²) in [6.45, 7) is 2.17. The van der Waals surface area contributed by atoms with Crippen molar-refractivity contribution in [3.8, 4) is 11.8 Å². The number of hydrogen-bond acceptors (Lipinski definition) is 6. The summed E-state index contributed by atoms with van der Waals surface area (Å²) in [7, 11) is 0. The molecule has 3 aromatic heterocycles. The average molecular weight is 343 g/mol. The molecule has 2 bridgehead atoms. The lowest BCUT2D eigenvalue weighted by molar-refractivity contribution is 0.0948. The van der Waals surface area contributed by atoms with E-state index in [9.17, 15) is 9.18 Å². The second kappa shape index (κ2) is 6.00. The van der Waals surface area contributed by atoms with E-state index in [-0.39, 0.29) is 30.8 Å². The van der Waals surface area contributed by atoms with Gasteiger partial charge in [-0.15, -0.1) is 0 Å². The number of aromatic nitrogens is 4. The zero-order valence-electron chi connectivity index (χ0n) is 13.2. The van der Waals surface area contributed by atoms with E-state index in [2.05, 4.69) is 25.3 Å². The topological polar surface area (TPSA) is 102 Å². The molecule has 2 N–H and O–H groups in total. The van der Waals surface area contributed by atoms with Crippen LogP contribution in [0.4, 0.5) is 4.39 Å². The first-order valence-corrected chi connectivity index (χ1v) is 7.69. The molecule has 1 aliphatic rings. The van der Waals surface area contributed by atoms with E-state index in [1.54, 1.807) is 13.1 Å². The maximum absolute atomic E-state index is 13.6. The van der Waals surface area contributed by atoms with Crippen LogP contribution in [0, 0.1) is 5.82 Å². The van der Waals surface area contributed by atoms with Crippen molar-refractivity contribution in [2.24, 2.45) is 0 Å². The van der Waals surface area contributed by atoms with Crippen LogP contribution < -0.4 is 14.8 Å². The maximum Gasteiger partial charge on any atom is 0.255 e. The molecule has 0 spiro atoms. The molecule has 4 rings (SSSR count). The van der Waals surface area contributed by atoms with Crippen molar-refractivity contribution in [1.82, 2.24) is 25.3 Å². The standard InChI is InChI=1S/C16H14FN5O3/c1-8-10-4-9(17)5-21-16(10)24-3-2-18-15(23)11-6-19-14-13(11)22-12(25-8)7-20-14/h4-8H,2-3H2,1H3,(H,18,23)(H,19,20)/t8-/m1/s1. The molecule has 128 valence electrons. The summed E-state index contributed by atoms with van der Waals surface area (Å²) in [5.74, 6) is -0.342. The van der Waals surface area contributed by atoms with Gasteiger partial charge in [0, 0.05) is 6.20 Å². The van der Waals surface area contributed by atoms with Gasteiger partial charge in [0.15, 0.2) is 5.65 Å². The Morgan fingerprint density at radius 3 is 3.08 bits per heavy atom. The number of hydrogen-bond donors (Lipinski definition) is 2. The first-order chi connectivity index (χ1) is 12.1. The Bertz CT molecular complexity index is 958. The molecule has 0 aliphatic carbocycles. The number of carbonyl (C=O) groups excluding carboxylic acids is 1. The number of rotatable bonds is 0. The average Bonchev–Trinajstić information content (AvgIpc) is 3.02. The normalized spacial score (nSPS) is 17.5. The second-order valence-electron chi connectivity index (χ2n) is 5.52. The summed E-state index contributed by atoms with van der Waals surface area (Å²) < 4.78 is 24.9. The fraction of sp³-hybridized carbons (Fsp3) is 0.250. The first-order valence-electron chi connectivity index (χ1n) is 7.69. The molecule has 0 radical (unpaired) electrons. The summed E-state index contributed by atoms with van der Waals surface area (Å²) in [4.78, 5) is 27.7. The fourth-order valence-electron chi connectivity index (χ4n) is 2.61. The number of fused-ring (bicyclic) bond motifs is 2. The predicted octanol–water partition coefficient (Wildman–Crippen LogP) is 1.75. The molecular weight excluding hydrogens is 329 g/mol. The van der Waals surface area contributed by atoms with Gasteiger partial charge in [0.25, 0.3) is 5.91 Å². The highest BCUT2D eigenvalue weighted by Gasteiger charge is 2.20. The van der Waals surface area contributed by atoms with Crippen molar-refractivity contribution in [1.29, 1.82) is 0 Å². The number of nitrogens with one attached hydrogen (secondary N) is 2. The molecule has 1 aliphatic heterocycles. The Labute approximate surface area is 141 Å². The lowest BCUT2D eigenvalue weighted by Crippen LogP contribution is -2.28. The van der Waals surface area contributed by atoms with E-state index in [0.717, 1.165) is 6.20 Å². The lowest BCUT2D eigenvalue weighted by Gasteiger charge is -2.17. The molecule has 8 nitrogen and oxygen atoms in total. The first kappa shape index (κ1) is 15.3. The van der Waals surface area contributed by atoms with Crippen LogP contribution in [0.2, 0.25) is 0 Å². The molecule has 0 saturated heterocycles. The summed E-state index contributed by atoms with van der Waals surface area (Å²) in [5.41, 5.74) is 1.69. The van der Waals surface area contributed by atoms with Gasteiger partial charge in [-0.3, -0.25) is 4.79 Å². The van der Waals surface area contributed by atoms with Crippen molar-refractivity contribution < 1.29 is 18.7 Å². The predicted molar refractivity (Wildman–Crippen MR) is 85.0 cm³/mol. The summed E-state index contributed by atoms with van der Waals surface area (Å²) >= 11 is 0. The highest BCUT2D eigenvalue weighted by Crippen LogP contribution is 2.28. The Balaban J connectivity index is 1.80. The molecule has 3 aromatic rings. The van der Waals surface area contributed by atoms with Gasteiger partial charge >= 0.3 is 0 Å². The lowest BCUT2D eigenvalue weighted by atomic mass is 10.1. The van der Waals surface area contributed by atoms with Crippen LogP contribution in [0.25, 0.3) is 11.2 Å². The van der Waals surface area contributed by atoms with E-state index in [1.165, 1.54) is 12.3 Å². The third kappa shape index (κ3) is 2.84. The van der Waals surface area contributed by atoms with E-state index in [4.69, 9.17) is 9.47 Å². The van der Waals surface area contributed by atoms with Gasteiger partial charge in [-0.25, -0.2) is 19.3 Å². The zero-order chi connectivity index (χ0) is 17.4. The van der Waals surface area contributed by atoms with E-state index >= 15 is 0 Å². The molecule has 1 atom stereocenters. The van der Waals surface area contributed by atoms with Gasteiger partial charge in [-0.1, -0.05) is 0 Å². The number of halogens is 1. The van der Waals surface area contributed by atoms with Crippen LogP contribution in [0.3, 0.4) is 0 Å². The van der Waals surface area contributed by atoms with Gasteiger partial charge in [-0.05, 0) is 13.0 Å². The number of pyridine rings is 1. The highest BCUT2D eigenvalue weighted by molar-refractivity contribution is 6.04. The molecule has 0 unspecified atom stereocenters. The maximum atomic E-state index is 13.6. The van der Waals surface area contributed by atoms with Gasteiger partial charge in [0.05, 0.1) is 30.1 Å². The molecule has 9 heteroatoms. The van der Waals surface area contributed by atoms with Crippen LogP contribution in [0.5, 0.6) is 11.8 Å². The van der Waals surface area contributed by atoms with Crippen molar-refractivity contribution in [2.75, 3.05) is 13.2 Å². The molecular formula is C16H14FN5O3. The van der Waals surface area contributed by atoms with E-state index in [1.807, 2.05) is 0 Å². The largest absolute Gasteiger partial charge is 0.475 e. The number of amides is 1. The number of H-pyrrole nitrogens is 1. The molecule has 0 fully saturated rings. The minimum absolute atomic E-state index is 0.181. The number of ether oxygens (including phenoxy) is 2. The van der Waals surface area contributed by atoms with Crippen molar-refractivity contribution in [2.45, 2.75) is 13.0 Å². The summed E-state index contributed by atoms with van der Waals surface area (Å²) in [5, 5.41) is 2.74. The Morgan fingerprint density at radius 2 is 2.20 bits per heavy atom. The second-order valence-corrected chi connectivity index (χ2v) is 5.52. The summed E-state index contributed by atoms with van der Waals surface area (Å²) in [6.07, 6.45) is 3.47. The molecule has 25 heavy (non-hydrogen) atoms. The highest BCUT2D eigenvalue weighted by atomic mass is 19.1. The minimum Gasteiger partial charge on any atom is -0.475 e. The van der Waals surface area contributed by atoms with Gasteiger partial charge < -0.3 is 19.8 Å². The van der Waals surface area contributed by atoms with Crippen LogP contribution in [-0.4, -0.2) is 39.0 Å². The number of carbonyl (C=O) groups is 1. The van der Waals surface area contributed by atoms with E-state index < -0.39 is 11.9 Å².